The van der Waals surface area contributed by atoms with Gasteiger partial charge in [-0.1, -0.05) is 13.3 Å². The van der Waals surface area contributed by atoms with Crippen LogP contribution >= 0.6 is 0 Å². The Morgan fingerprint density at radius 1 is 1.22 bits per heavy atom. The molecule has 1 fully saturated rings. The highest BCUT2D eigenvalue weighted by Gasteiger charge is 2.26. The molecule has 1 aliphatic heterocycles. The van der Waals surface area contributed by atoms with Crippen molar-refractivity contribution in [2.45, 2.75) is 46.1 Å². The molecule has 1 heterocycles. The molecule has 0 bridgehead atoms. The van der Waals surface area contributed by atoms with Gasteiger partial charge in [-0.25, -0.2) is 5.84 Å². The molecule has 0 aromatic heterocycles. The zero-order chi connectivity index (χ0) is 13.6. The van der Waals surface area contributed by atoms with Crippen molar-refractivity contribution >= 4 is 5.96 Å². The van der Waals surface area contributed by atoms with Crippen LogP contribution in [0.25, 0.3) is 0 Å². The fourth-order valence-electron chi connectivity index (χ4n) is 2.17. The van der Waals surface area contributed by atoms with E-state index in [4.69, 9.17) is 5.84 Å². The molecular weight excluding hydrogens is 226 g/mol. The van der Waals surface area contributed by atoms with Crippen LogP contribution in [0.2, 0.25) is 0 Å². The standard InChI is InChI=1S/C13H29N5/c1-5-6-7-15-12(16-14)17-8-10-18(11-9-17)13(2,3)4/h5-11,14H2,1-4H3,(H,15,16). The first-order chi connectivity index (χ1) is 8.49. The molecule has 0 aliphatic carbocycles. The number of hydrazine groups is 1. The van der Waals surface area contributed by atoms with Gasteiger partial charge in [-0.05, 0) is 27.2 Å². The summed E-state index contributed by atoms with van der Waals surface area (Å²) in [4.78, 5) is 9.28. The third kappa shape index (κ3) is 4.46. The summed E-state index contributed by atoms with van der Waals surface area (Å²) in [6, 6.07) is 0. The number of guanidine groups is 1. The molecule has 0 atom stereocenters. The molecule has 0 aromatic rings. The second-order valence-corrected chi connectivity index (χ2v) is 5.85. The maximum Gasteiger partial charge on any atom is 0.208 e. The van der Waals surface area contributed by atoms with Gasteiger partial charge in [-0.15, -0.1) is 0 Å². The zero-order valence-corrected chi connectivity index (χ0v) is 12.4. The number of nitrogens with two attached hydrogens (primary N) is 1. The molecule has 0 saturated carbocycles. The molecule has 5 heteroatoms. The number of nitrogens with zero attached hydrogens (tertiary/aromatic N) is 3. The Balaban J connectivity index is 2.47. The van der Waals surface area contributed by atoms with Gasteiger partial charge in [0.05, 0.1) is 0 Å². The molecule has 1 aliphatic rings. The van der Waals surface area contributed by atoms with Crippen molar-refractivity contribution in [3.05, 3.63) is 0 Å². The summed E-state index contributed by atoms with van der Waals surface area (Å²) < 4.78 is 0. The zero-order valence-electron chi connectivity index (χ0n) is 12.4. The van der Waals surface area contributed by atoms with E-state index in [1.807, 2.05) is 0 Å². The monoisotopic (exact) mass is 255 g/mol. The average Bonchev–Trinajstić information content (AvgIpc) is 2.34. The average molecular weight is 255 g/mol. The molecule has 5 nitrogen and oxygen atoms in total. The number of piperazine rings is 1. The lowest BCUT2D eigenvalue weighted by atomic mass is 10.1. The van der Waals surface area contributed by atoms with Gasteiger partial charge in [-0.3, -0.25) is 15.3 Å². The van der Waals surface area contributed by atoms with Gasteiger partial charge in [0.15, 0.2) is 0 Å². The topological polar surface area (TPSA) is 56.9 Å². The van der Waals surface area contributed by atoms with Crippen LogP contribution < -0.4 is 11.3 Å². The highest BCUT2D eigenvalue weighted by atomic mass is 15.4. The minimum Gasteiger partial charge on any atom is -0.339 e. The van der Waals surface area contributed by atoms with Crippen LogP contribution in [0, 0.1) is 0 Å². The largest absolute Gasteiger partial charge is 0.339 e. The highest BCUT2D eigenvalue weighted by molar-refractivity contribution is 5.79. The molecule has 0 radical (unpaired) electrons. The van der Waals surface area contributed by atoms with E-state index < -0.39 is 0 Å². The van der Waals surface area contributed by atoms with Gasteiger partial charge in [-0.2, -0.15) is 0 Å². The fraction of sp³-hybridized carbons (Fsp3) is 0.923. The fourth-order valence-corrected chi connectivity index (χ4v) is 2.17. The summed E-state index contributed by atoms with van der Waals surface area (Å²) in [7, 11) is 0. The van der Waals surface area contributed by atoms with Crippen molar-refractivity contribution < 1.29 is 0 Å². The van der Waals surface area contributed by atoms with Crippen LogP contribution in [-0.2, 0) is 0 Å². The van der Waals surface area contributed by atoms with Crippen LogP contribution in [0.5, 0.6) is 0 Å². The summed E-state index contributed by atoms with van der Waals surface area (Å²) in [5.41, 5.74) is 2.99. The van der Waals surface area contributed by atoms with Crippen molar-refractivity contribution in [3.8, 4) is 0 Å². The van der Waals surface area contributed by atoms with Crippen LogP contribution in [0.15, 0.2) is 4.99 Å². The summed E-state index contributed by atoms with van der Waals surface area (Å²) in [6.07, 6.45) is 2.28. The van der Waals surface area contributed by atoms with E-state index in [1.54, 1.807) is 0 Å². The molecular formula is C13H29N5. The summed E-state index contributed by atoms with van der Waals surface area (Å²) in [6.45, 7) is 13.9. The molecule has 0 aromatic carbocycles. The van der Waals surface area contributed by atoms with Gasteiger partial charge in [0, 0.05) is 38.3 Å². The summed E-state index contributed by atoms with van der Waals surface area (Å²) in [5.74, 6) is 6.41. The number of rotatable bonds is 3. The van der Waals surface area contributed by atoms with E-state index in [9.17, 15) is 0 Å². The van der Waals surface area contributed by atoms with Crippen molar-refractivity contribution in [2.75, 3.05) is 32.7 Å². The van der Waals surface area contributed by atoms with Gasteiger partial charge < -0.3 is 4.90 Å². The van der Waals surface area contributed by atoms with E-state index in [-0.39, 0.29) is 5.54 Å². The van der Waals surface area contributed by atoms with E-state index in [0.717, 1.165) is 45.1 Å². The Hall–Kier alpha value is -0.810. The van der Waals surface area contributed by atoms with Crippen LogP contribution in [-0.4, -0.2) is 54.0 Å². The van der Waals surface area contributed by atoms with Crippen LogP contribution in [0.3, 0.4) is 0 Å². The Kier molecular flexibility index (Phi) is 5.88. The second kappa shape index (κ2) is 6.95. The first-order valence-corrected chi connectivity index (χ1v) is 7.00. The lowest BCUT2D eigenvalue weighted by Gasteiger charge is -2.42. The molecule has 0 amide bonds. The van der Waals surface area contributed by atoms with Crippen LogP contribution in [0.1, 0.15) is 40.5 Å². The Morgan fingerprint density at radius 3 is 2.28 bits per heavy atom. The van der Waals surface area contributed by atoms with Crippen LogP contribution in [0.4, 0.5) is 0 Å². The van der Waals surface area contributed by atoms with Crippen molar-refractivity contribution in [2.24, 2.45) is 10.8 Å². The Labute approximate surface area is 111 Å². The minimum atomic E-state index is 0.252. The summed E-state index contributed by atoms with van der Waals surface area (Å²) in [5, 5.41) is 0. The van der Waals surface area contributed by atoms with Crippen molar-refractivity contribution in [1.82, 2.24) is 15.2 Å². The first-order valence-electron chi connectivity index (χ1n) is 7.00. The molecule has 1 rings (SSSR count). The third-order valence-corrected chi connectivity index (χ3v) is 3.43. The lowest BCUT2D eigenvalue weighted by Crippen LogP contribution is -2.57. The second-order valence-electron chi connectivity index (χ2n) is 5.85. The van der Waals surface area contributed by atoms with Gasteiger partial charge in [0.1, 0.15) is 0 Å². The quantitative estimate of drug-likeness (QED) is 0.260. The highest BCUT2D eigenvalue weighted by Crippen LogP contribution is 2.15. The Bertz CT molecular complexity index is 261. The number of hydrogen-bond donors (Lipinski definition) is 2. The lowest BCUT2D eigenvalue weighted by molar-refractivity contribution is 0.0870. The van der Waals surface area contributed by atoms with Crippen molar-refractivity contribution in [3.63, 3.8) is 0 Å². The number of aliphatic imine (C=N–C) groups is 1. The predicted molar refractivity (Wildman–Crippen MR) is 77.4 cm³/mol. The van der Waals surface area contributed by atoms with E-state index in [1.165, 1.54) is 6.42 Å². The first kappa shape index (κ1) is 15.2. The predicted octanol–water partition coefficient (Wildman–Crippen LogP) is 1.02. The van der Waals surface area contributed by atoms with Gasteiger partial charge in [0.2, 0.25) is 5.96 Å². The number of unbranched alkanes of at least 4 members (excludes halogenated alkanes) is 1. The normalized spacial score (nSPS) is 19.2. The number of hydrogen-bond acceptors (Lipinski definition) is 3. The molecule has 0 unspecified atom stereocenters. The minimum absolute atomic E-state index is 0.252. The van der Waals surface area contributed by atoms with Crippen molar-refractivity contribution in [1.29, 1.82) is 0 Å². The van der Waals surface area contributed by atoms with E-state index in [2.05, 4.69) is 47.9 Å². The maximum absolute atomic E-state index is 5.57. The molecule has 18 heavy (non-hydrogen) atoms. The molecule has 0 spiro atoms. The Morgan fingerprint density at radius 2 is 1.83 bits per heavy atom. The SMILES string of the molecule is CCCCN=C(NN)N1CCN(C(C)(C)C)CC1. The summed E-state index contributed by atoms with van der Waals surface area (Å²) >= 11 is 0. The van der Waals surface area contributed by atoms with Gasteiger partial charge >= 0.3 is 0 Å². The van der Waals surface area contributed by atoms with E-state index in [0.29, 0.717) is 0 Å². The molecule has 106 valence electrons. The third-order valence-electron chi connectivity index (χ3n) is 3.43. The van der Waals surface area contributed by atoms with Gasteiger partial charge in [0.25, 0.3) is 0 Å². The number of nitrogens with one attached hydrogen (secondary N) is 1. The molecule has 3 N–H and O–H groups in total. The maximum atomic E-state index is 5.57. The molecule has 1 saturated heterocycles. The smallest absolute Gasteiger partial charge is 0.208 e. The van der Waals surface area contributed by atoms with E-state index >= 15 is 0 Å².